The van der Waals surface area contributed by atoms with Gasteiger partial charge in [-0.05, 0) is 49.4 Å². The van der Waals surface area contributed by atoms with Gasteiger partial charge in [0.2, 0.25) is 0 Å². The van der Waals surface area contributed by atoms with Crippen LogP contribution < -0.4 is 10.1 Å². The first-order valence-electron chi connectivity index (χ1n) is 7.14. The second-order valence-electron chi connectivity index (χ2n) is 4.71. The van der Waals surface area contributed by atoms with E-state index in [2.05, 4.69) is 5.32 Å². The first kappa shape index (κ1) is 17.7. The van der Waals surface area contributed by atoms with E-state index in [4.69, 9.17) is 21.1 Å². The van der Waals surface area contributed by atoms with Crippen molar-refractivity contribution >= 4 is 29.2 Å². The van der Waals surface area contributed by atoms with Crippen LogP contribution >= 0.6 is 11.6 Å². The second kappa shape index (κ2) is 8.31. The molecule has 0 aromatic heterocycles. The number of halogens is 2. The zero-order chi connectivity index (χ0) is 17.5. The van der Waals surface area contributed by atoms with Gasteiger partial charge in [0.15, 0.2) is 6.61 Å². The summed E-state index contributed by atoms with van der Waals surface area (Å²) in [5, 5.41) is 2.52. The van der Waals surface area contributed by atoms with Crippen molar-refractivity contribution in [2.24, 2.45) is 0 Å². The Labute approximate surface area is 143 Å². The zero-order valence-corrected chi connectivity index (χ0v) is 13.6. The summed E-state index contributed by atoms with van der Waals surface area (Å²) in [4.78, 5) is 23.6. The highest BCUT2D eigenvalue weighted by Crippen LogP contribution is 2.18. The molecule has 2 rings (SSSR count). The van der Waals surface area contributed by atoms with Crippen LogP contribution in [0.3, 0.4) is 0 Å². The molecule has 0 aliphatic carbocycles. The van der Waals surface area contributed by atoms with Crippen molar-refractivity contribution < 1.29 is 23.5 Å². The number of rotatable bonds is 6. The molecule has 126 valence electrons. The van der Waals surface area contributed by atoms with Crippen LogP contribution in [0.1, 0.15) is 17.3 Å². The smallest absolute Gasteiger partial charge is 0.338 e. The zero-order valence-electron chi connectivity index (χ0n) is 12.8. The summed E-state index contributed by atoms with van der Waals surface area (Å²) in [6.07, 6.45) is 0. The number of benzene rings is 2. The maximum atomic E-state index is 13.6. The molecular weight excluding hydrogens is 337 g/mol. The lowest BCUT2D eigenvalue weighted by Crippen LogP contribution is -2.21. The SMILES string of the molecule is CCOc1ccc(C(=O)OCC(=O)Nc2ccc(Cl)cc2F)cc1. The van der Waals surface area contributed by atoms with Gasteiger partial charge in [-0.1, -0.05) is 11.6 Å². The molecule has 0 heterocycles. The number of carbonyl (C=O) groups is 2. The van der Waals surface area contributed by atoms with Gasteiger partial charge in [0.1, 0.15) is 11.6 Å². The number of ether oxygens (including phenoxy) is 2. The monoisotopic (exact) mass is 351 g/mol. The molecule has 0 aliphatic heterocycles. The standard InChI is InChI=1S/C17H15ClFNO4/c1-2-23-13-6-3-11(4-7-13)17(22)24-10-16(21)20-15-8-5-12(18)9-14(15)19/h3-9H,2,10H2,1H3,(H,20,21). The maximum Gasteiger partial charge on any atom is 0.338 e. The van der Waals surface area contributed by atoms with Crippen molar-refractivity contribution in [3.8, 4) is 5.75 Å². The second-order valence-corrected chi connectivity index (χ2v) is 5.14. The van der Waals surface area contributed by atoms with Crippen LogP contribution in [0.5, 0.6) is 5.75 Å². The van der Waals surface area contributed by atoms with E-state index in [1.165, 1.54) is 24.3 Å². The Morgan fingerprint density at radius 1 is 1.17 bits per heavy atom. The summed E-state index contributed by atoms with van der Waals surface area (Å²) in [7, 11) is 0. The van der Waals surface area contributed by atoms with E-state index in [9.17, 15) is 14.0 Å². The van der Waals surface area contributed by atoms with Crippen LogP contribution in [0.4, 0.5) is 10.1 Å². The van der Waals surface area contributed by atoms with Gasteiger partial charge in [-0.15, -0.1) is 0 Å². The molecule has 5 nitrogen and oxygen atoms in total. The lowest BCUT2D eigenvalue weighted by atomic mass is 10.2. The fourth-order valence-corrected chi connectivity index (χ4v) is 2.00. The van der Waals surface area contributed by atoms with Crippen molar-refractivity contribution in [3.05, 3.63) is 58.9 Å². The third kappa shape index (κ3) is 4.96. The van der Waals surface area contributed by atoms with Gasteiger partial charge in [-0.3, -0.25) is 4.79 Å². The largest absolute Gasteiger partial charge is 0.494 e. The van der Waals surface area contributed by atoms with Crippen LogP contribution in [0.2, 0.25) is 5.02 Å². The summed E-state index contributed by atoms with van der Waals surface area (Å²) in [5.74, 6) is -1.36. The molecule has 1 amide bonds. The van der Waals surface area contributed by atoms with E-state index in [0.29, 0.717) is 12.4 Å². The Kier molecular flexibility index (Phi) is 6.14. The van der Waals surface area contributed by atoms with E-state index >= 15 is 0 Å². The normalized spacial score (nSPS) is 10.1. The minimum Gasteiger partial charge on any atom is -0.494 e. The van der Waals surface area contributed by atoms with Crippen LogP contribution in [0, 0.1) is 5.82 Å². The van der Waals surface area contributed by atoms with E-state index in [1.54, 1.807) is 12.1 Å². The van der Waals surface area contributed by atoms with Gasteiger partial charge in [-0.25, -0.2) is 9.18 Å². The van der Waals surface area contributed by atoms with Crippen LogP contribution in [-0.2, 0) is 9.53 Å². The Hall–Kier alpha value is -2.60. The number of amides is 1. The molecule has 0 spiro atoms. The van der Waals surface area contributed by atoms with Crippen LogP contribution in [-0.4, -0.2) is 25.1 Å². The average Bonchev–Trinajstić information content (AvgIpc) is 2.56. The van der Waals surface area contributed by atoms with Gasteiger partial charge < -0.3 is 14.8 Å². The lowest BCUT2D eigenvalue weighted by Gasteiger charge is -2.08. The Morgan fingerprint density at radius 3 is 2.50 bits per heavy atom. The van der Waals surface area contributed by atoms with Crippen LogP contribution in [0.25, 0.3) is 0 Å². The van der Waals surface area contributed by atoms with Crippen molar-refractivity contribution in [3.63, 3.8) is 0 Å². The topological polar surface area (TPSA) is 64.6 Å². The number of carbonyl (C=O) groups excluding carboxylic acids is 2. The molecule has 0 fully saturated rings. The van der Waals surface area contributed by atoms with Crippen molar-refractivity contribution in [1.82, 2.24) is 0 Å². The minimum absolute atomic E-state index is 0.0403. The molecule has 0 aliphatic rings. The number of nitrogens with one attached hydrogen (secondary N) is 1. The Balaban J connectivity index is 1.87. The quantitative estimate of drug-likeness (QED) is 0.806. The van der Waals surface area contributed by atoms with E-state index < -0.39 is 24.3 Å². The third-order valence-electron chi connectivity index (χ3n) is 2.94. The molecule has 2 aromatic rings. The Bertz CT molecular complexity index is 734. The summed E-state index contributed by atoms with van der Waals surface area (Å²) < 4.78 is 23.7. The highest BCUT2D eigenvalue weighted by Gasteiger charge is 2.12. The molecule has 24 heavy (non-hydrogen) atoms. The summed E-state index contributed by atoms with van der Waals surface area (Å²) in [6, 6.07) is 10.2. The fraction of sp³-hybridized carbons (Fsp3) is 0.176. The van der Waals surface area contributed by atoms with E-state index in [1.807, 2.05) is 6.92 Å². The molecule has 7 heteroatoms. The third-order valence-corrected chi connectivity index (χ3v) is 3.18. The predicted octanol–water partition coefficient (Wildman–Crippen LogP) is 3.67. The molecule has 0 saturated carbocycles. The number of anilines is 1. The molecule has 0 bridgehead atoms. The molecule has 0 radical (unpaired) electrons. The Morgan fingerprint density at radius 2 is 1.88 bits per heavy atom. The average molecular weight is 352 g/mol. The highest BCUT2D eigenvalue weighted by atomic mass is 35.5. The maximum absolute atomic E-state index is 13.6. The van der Waals surface area contributed by atoms with Crippen molar-refractivity contribution in [2.45, 2.75) is 6.92 Å². The van der Waals surface area contributed by atoms with E-state index in [-0.39, 0.29) is 16.3 Å². The lowest BCUT2D eigenvalue weighted by molar-refractivity contribution is -0.119. The summed E-state index contributed by atoms with van der Waals surface area (Å²) in [6.45, 7) is 1.84. The molecular formula is C17H15ClFNO4. The summed E-state index contributed by atoms with van der Waals surface area (Å²) in [5.41, 5.74) is 0.241. The molecule has 0 atom stereocenters. The fourth-order valence-electron chi connectivity index (χ4n) is 1.85. The van der Waals surface area contributed by atoms with Gasteiger partial charge in [0.25, 0.3) is 5.91 Å². The first-order valence-corrected chi connectivity index (χ1v) is 7.52. The number of esters is 1. The van der Waals surface area contributed by atoms with Gasteiger partial charge in [0.05, 0.1) is 17.9 Å². The first-order chi connectivity index (χ1) is 11.5. The molecule has 1 N–H and O–H groups in total. The molecule has 2 aromatic carbocycles. The molecule has 0 unspecified atom stereocenters. The van der Waals surface area contributed by atoms with Crippen molar-refractivity contribution in [1.29, 1.82) is 0 Å². The van der Waals surface area contributed by atoms with E-state index in [0.717, 1.165) is 6.07 Å². The number of hydrogen-bond acceptors (Lipinski definition) is 4. The van der Waals surface area contributed by atoms with Gasteiger partial charge in [0, 0.05) is 5.02 Å². The highest BCUT2D eigenvalue weighted by molar-refractivity contribution is 6.30. The van der Waals surface area contributed by atoms with Gasteiger partial charge in [-0.2, -0.15) is 0 Å². The minimum atomic E-state index is -0.673. The van der Waals surface area contributed by atoms with Gasteiger partial charge >= 0.3 is 5.97 Å². The molecule has 0 saturated heterocycles. The van der Waals surface area contributed by atoms with Crippen molar-refractivity contribution in [2.75, 3.05) is 18.5 Å². The van der Waals surface area contributed by atoms with Crippen LogP contribution in [0.15, 0.2) is 42.5 Å². The number of hydrogen-bond donors (Lipinski definition) is 1. The predicted molar refractivity (Wildman–Crippen MR) is 87.9 cm³/mol. The summed E-state index contributed by atoms with van der Waals surface area (Å²) >= 11 is 5.62.